The normalized spacial score (nSPS) is 19.8. The summed E-state index contributed by atoms with van der Waals surface area (Å²) in [6.07, 6.45) is 5.37. The van der Waals surface area contributed by atoms with Crippen molar-refractivity contribution in [1.82, 2.24) is 5.32 Å². The molecular weight excluding hydrogens is 214 g/mol. The zero-order chi connectivity index (χ0) is 12.1. The molecule has 1 aromatic carbocycles. The lowest BCUT2D eigenvalue weighted by Crippen LogP contribution is -2.19. The lowest BCUT2D eigenvalue weighted by atomic mass is 10.2. The highest BCUT2D eigenvalue weighted by Gasteiger charge is 2.17. The molecule has 1 atom stereocenters. The van der Waals surface area contributed by atoms with Gasteiger partial charge in [0.15, 0.2) is 11.5 Å². The van der Waals surface area contributed by atoms with Gasteiger partial charge in [0.25, 0.3) is 0 Å². The number of hydrogen-bond acceptors (Lipinski definition) is 3. The van der Waals surface area contributed by atoms with Gasteiger partial charge in [-0.3, -0.25) is 0 Å². The van der Waals surface area contributed by atoms with E-state index in [2.05, 4.69) is 5.32 Å². The van der Waals surface area contributed by atoms with Gasteiger partial charge < -0.3 is 14.8 Å². The fourth-order valence-corrected chi connectivity index (χ4v) is 1.99. The summed E-state index contributed by atoms with van der Waals surface area (Å²) in [4.78, 5) is 0. The molecule has 0 spiro atoms. The molecule has 1 heterocycles. The van der Waals surface area contributed by atoms with Crippen LogP contribution in [0.1, 0.15) is 18.9 Å². The largest absolute Gasteiger partial charge is 0.493 e. The van der Waals surface area contributed by atoms with Crippen LogP contribution in [0.3, 0.4) is 0 Å². The van der Waals surface area contributed by atoms with E-state index in [1.54, 1.807) is 7.11 Å². The third-order valence-electron chi connectivity index (χ3n) is 2.86. The number of ether oxygens (including phenoxy) is 2. The molecule has 0 aromatic heterocycles. The van der Waals surface area contributed by atoms with E-state index in [0.717, 1.165) is 36.6 Å². The van der Waals surface area contributed by atoms with Gasteiger partial charge in [0.05, 0.1) is 7.11 Å². The quantitative estimate of drug-likeness (QED) is 0.866. The first kappa shape index (κ1) is 12.0. The molecule has 1 unspecified atom stereocenters. The van der Waals surface area contributed by atoms with E-state index in [0.29, 0.717) is 0 Å². The van der Waals surface area contributed by atoms with Crippen molar-refractivity contribution in [2.75, 3.05) is 20.2 Å². The standard InChI is InChI=1S/C14H19NO2/c1-3-4-11-5-6-13(14(9-11)16-2)17-12-7-8-15-10-12/h3-6,9,12,15H,7-8,10H2,1-2H3. The number of methoxy groups -OCH3 is 1. The average Bonchev–Trinajstić information content (AvgIpc) is 2.84. The molecule has 1 fully saturated rings. The first-order valence-electron chi connectivity index (χ1n) is 6.01. The molecular formula is C14H19NO2. The second-order valence-corrected chi connectivity index (χ2v) is 4.14. The van der Waals surface area contributed by atoms with Gasteiger partial charge in [-0.1, -0.05) is 18.2 Å². The van der Waals surface area contributed by atoms with Gasteiger partial charge in [-0.25, -0.2) is 0 Å². The minimum atomic E-state index is 0.261. The van der Waals surface area contributed by atoms with Crippen LogP contribution in [-0.4, -0.2) is 26.3 Å². The van der Waals surface area contributed by atoms with Gasteiger partial charge in [0.2, 0.25) is 0 Å². The second kappa shape index (κ2) is 5.73. The summed E-state index contributed by atoms with van der Waals surface area (Å²) in [6, 6.07) is 6.02. The summed E-state index contributed by atoms with van der Waals surface area (Å²) in [7, 11) is 1.68. The van der Waals surface area contributed by atoms with Crippen LogP contribution in [0.25, 0.3) is 6.08 Å². The van der Waals surface area contributed by atoms with Gasteiger partial charge in [0.1, 0.15) is 6.10 Å². The molecule has 0 amide bonds. The summed E-state index contributed by atoms with van der Waals surface area (Å²) in [5, 5.41) is 3.28. The Balaban J connectivity index is 2.15. The summed E-state index contributed by atoms with van der Waals surface area (Å²) < 4.78 is 11.3. The van der Waals surface area contributed by atoms with Crippen LogP contribution in [0.5, 0.6) is 11.5 Å². The highest BCUT2D eigenvalue weighted by Crippen LogP contribution is 2.30. The van der Waals surface area contributed by atoms with E-state index in [9.17, 15) is 0 Å². The molecule has 1 aliphatic rings. The highest BCUT2D eigenvalue weighted by atomic mass is 16.5. The van der Waals surface area contributed by atoms with Crippen LogP contribution in [0.4, 0.5) is 0 Å². The maximum Gasteiger partial charge on any atom is 0.161 e. The van der Waals surface area contributed by atoms with Crippen LogP contribution in [0.15, 0.2) is 24.3 Å². The van der Waals surface area contributed by atoms with Gasteiger partial charge in [0, 0.05) is 6.54 Å². The van der Waals surface area contributed by atoms with Crippen LogP contribution >= 0.6 is 0 Å². The van der Waals surface area contributed by atoms with Crippen LogP contribution in [0, 0.1) is 0 Å². The van der Waals surface area contributed by atoms with Crippen molar-refractivity contribution >= 4 is 6.08 Å². The molecule has 2 rings (SSSR count). The Morgan fingerprint density at radius 2 is 2.24 bits per heavy atom. The zero-order valence-electron chi connectivity index (χ0n) is 10.4. The van der Waals surface area contributed by atoms with Crippen molar-refractivity contribution < 1.29 is 9.47 Å². The smallest absolute Gasteiger partial charge is 0.161 e. The van der Waals surface area contributed by atoms with Crippen LogP contribution < -0.4 is 14.8 Å². The first-order valence-corrected chi connectivity index (χ1v) is 6.01. The van der Waals surface area contributed by atoms with E-state index in [1.165, 1.54) is 0 Å². The van der Waals surface area contributed by atoms with Crippen molar-refractivity contribution in [3.8, 4) is 11.5 Å². The molecule has 1 aliphatic heterocycles. The van der Waals surface area contributed by atoms with Gasteiger partial charge in [-0.15, -0.1) is 0 Å². The molecule has 0 saturated carbocycles. The van der Waals surface area contributed by atoms with Crippen molar-refractivity contribution in [3.63, 3.8) is 0 Å². The third-order valence-corrected chi connectivity index (χ3v) is 2.86. The van der Waals surface area contributed by atoms with Crippen molar-refractivity contribution in [2.45, 2.75) is 19.4 Å². The molecule has 1 N–H and O–H groups in total. The molecule has 1 saturated heterocycles. The second-order valence-electron chi connectivity index (χ2n) is 4.14. The van der Waals surface area contributed by atoms with Gasteiger partial charge in [-0.2, -0.15) is 0 Å². The Kier molecular flexibility index (Phi) is 4.04. The Morgan fingerprint density at radius 3 is 2.88 bits per heavy atom. The predicted molar refractivity (Wildman–Crippen MR) is 69.6 cm³/mol. The monoisotopic (exact) mass is 233 g/mol. The summed E-state index contributed by atoms with van der Waals surface area (Å²) in [6.45, 7) is 3.95. The van der Waals surface area contributed by atoms with E-state index in [4.69, 9.17) is 9.47 Å². The topological polar surface area (TPSA) is 30.5 Å². The van der Waals surface area contributed by atoms with Gasteiger partial charge in [-0.05, 0) is 37.6 Å². The predicted octanol–water partition coefficient (Wildman–Crippen LogP) is 2.47. The average molecular weight is 233 g/mol. The minimum absolute atomic E-state index is 0.261. The summed E-state index contributed by atoms with van der Waals surface area (Å²) in [5.74, 6) is 1.63. The number of allylic oxidation sites excluding steroid dienone is 1. The molecule has 17 heavy (non-hydrogen) atoms. The zero-order valence-corrected chi connectivity index (χ0v) is 10.4. The molecule has 0 bridgehead atoms. The number of rotatable bonds is 4. The summed E-state index contributed by atoms with van der Waals surface area (Å²) in [5.41, 5.74) is 1.13. The van der Waals surface area contributed by atoms with E-state index in [-0.39, 0.29) is 6.10 Å². The molecule has 3 heteroatoms. The van der Waals surface area contributed by atoms with E-state index < -0.39 is 0 Å². The fraction of sp³-hybridized carbons (Fsp3) is 0.429. The van der Waals surface area contributed by atoms with Crippen molar-refractivity contribution in [3.05, 3.63) is 29.8 Å². The molecule has 92 valence electrons. The lowest BCUT2D eigenvalue weighted by Gasteiger charge is -2.15. The van der Waals surface area contributed by atoms with E-state index >= 15 is 0 Å². The maximum absolute atomic E-state index is 5.92. The number of benzene rings is 1. The SMILES string of the molecule is CC=Cc1ccc(OC2CCNC2)c(OC)c1. The molecule has 1 aromatic rings. The Morgan fingerprint density at radius 1 is 1.35 bits per heavy atom. The third kappa shape index (κ3) is 3.01. The molecule has 3 nitrogen and oxygen atoms in total. The van der Waals surface area contributed by atoms with Crippen LogP contribution in [0.2, 0.25) is 0 Å². The Hall–Kier alpha value is -1.48. The first-order chi connectivity index (χ1) is 8.33. The van der Waals surface area contributed by atoms with Crippen molar-refractivity contribution in [2.24, 2.45) is 0 Å². The lowest BCUT2D eigenvalue weighted by molar-refractivity contribution is 0.213. The van der Waals surface area contributed by atoms with Gasteiger partial charge >= 0.3 is 0 Å². The number of nitrogens with one attached hydrogen (secondary N) is 1. The molecule has 0 radical (unpaired) electrons. The van der Waals surface area contributed by atoms with Crippen LogP contribution in [-0.2, 0) is 0 Å². The molecule has 0 aliphatic carbocycles. The van der Waals surface area contributed by atoms with E-state index in [1.807, 2.05) is 37.3 Å². The minimum Gasteiger partial charge on any atom is -0.493 e. The highest BCUT2D eigenvalue weighted by molar-refractivity contribution is 5.55. The Bertz CT molecular complexity index is 395. The number of hydrogen-bond donors (Lipinski definition) is 1. The summed E-state index contributed by atoms with van der Waals surface area (Å²) >= 11 is 0. The van der Waals surface area contributed by atoms with Crippen molar-refractivity contribution in [1.29, 1.82) is 0 Å². The maximum atomic E-state index is 5.92. The fourth-order valence-electron chi connectivity index (χ4n) is 1.99. The Labute approximate surface area is 102 Å².